The van der Waals surface area contributed by atoms with Gasteiger partial charge in [0.1, 0.15) is 0 Å². The molecule has 0 saturated heterocycles. The molecule has 1 aromatic rings. The fourth-order valence-corrected chi connectivity index (χ4v) is 1.51. The summed E-state index contributed by atoms with van der Waals surface area (Å²) in [4.78, 5) is 15.6. The second kappa shape index (κ2) is 3.62. The highest BCUT2D eigenvalue weighted by Crippen LogP contribution is 2.21. The Morgan fingerprint density at radius 1 is 1.36 bits per heavy atom. The Kier molecular flexibility index (Phi) is 2.31. The lowest BCUT2D eigenvalue weighted by atomic mass is 9.95. The summed E-state index contributed by atoms with van der Waals surface area (Å²) in [6.45, 7) is 1.94. The number of hydrogen-bond donors (Lipinski definition) is 0. The van der Waals surface area contributed by atoms with Crippen molar-refractivity contribution in [3.05, 3.63) is 35.9 Å². The normalized spacial score (nSPS) is 25.4. The first-order valence-electron chi connectivity index (χ1n) is 4.57. The molecule has 14 heavy (non-hydrogen) atoms. The minimum atomic E-state index is -0.426. The van der Waals surface area contributed by atoms with E-state index in [2.05, 4.69) is 5.16 Å². The Morgan fingerprint density at radius 2 is 2.07 bits per heavy atom. The molecule has 3 heteroatoms. The van der Waals surface area contributed by atoms with E-state index in [0.29, 0.717) is 0 Å². The minimum Gasteiger partial charge on any atom is -0.384 e. The molecule has 0 radical (unpaired) electrons. The molecule has 0 fully saturated rings. The predicted octanol–water partition coefficient (Wildman–Crippen LogP) is 1.62. The Bertz CT molecular complexity index is 359. The first-order chi connectivity index (χ1) is 6.83. The quantitative estimate of drug-likeness (QED) is 0.663. The fourth-order valence-electron chi connectivity index (χ4n) is 1.51. The molecular weight excluding hydrogens is 178 g/mol. The largest absolute Gasteiger partial charge is 0.384 e. The maximum atomic E-state index is 10.6. The molecule has 2 rings (SSSR count). The SMILES string of the molecule is C[C@@H]1C(c2ccccc2)=NO[C@H]1C=O. The zero-order chi connectivity index (χ0) is 9.97. The van der Waals surface area contributed by atoms with Crippen LogP contribution in [0.2, 0.25) is 0 Å². The lowest BCUT2D eigenvalue weighted by Gasteiger charge is -2.07. The highest BCUT2D eigenvalue weighted by atomic mass is 16.6. The number of hydrogen-bond acceptors (Lipinski definition) is 3. The molecule has 72 valence electrons. The third-order valence-corrected chi connectivity index (χ3v) is 2.40. The molecule has 1 aromatic carbocycles. The van der Waals surface area contributed by atoms with Crippen LogP contribution in [0.15, 0.2) is 35.5 Å². The Hall–Kier alpha value is -1.64. The van der Waals surface area contributed by atoms with Gasteiger partial charge in [-0.2, -0.15) is 0 Å². The molecule has 0 bridgehead atoms. The third kappa shape index (κ3) is 1.41. The summed E-state index contributed by atoms with van der Waals surface area (Å²) in [6.07, 6.45) is 0.370. The van der Waals surface area contributed by atoms with Crippen LogP contribution in [-0.2, 0) is 9.63 Å². The van der Waals surface area contributed by atoms with Crippen molar-refractivity contribution in [2.75, 3.05) is 0 Å². The van der Waals surface area contributed by atoms with E-state index in [1.54, 1.807) is 0 Å². The second-order valence-corrected chi connectivity index (χ2v) is 3.34. The van der Waals surface area contributed by atoms with Crippen LogP contribution in [0.3, 0.4) is 0 Å². The first kappa shape index (κ1) is 8.94. The maximum Gasteiger partial charge on any atom is 0.190 e. The molecule has 1 aliphatic rings. The number of carbonyl (C=O) groups is 1. The average molecular weight is 189 g/mol. The summed E-state index contributed by atoms with van der Waals surface area (Å²) in [7, 11) is 0. The van der Waals surface area contributed by atoms with Gasteiger partial charge in [-0.3, -0.25) is 4.79 Å². The molecule has 2 atom stereocenters. The molecule has 1 heterocycles. The van der Waals surface area contributed by atoms with Gasteiger partial charge in [-0.15, -0.1) is 0 Å². The number of aldehydes is 1. The van der Waals surface area contributed by atoms with Gasteiger partial charge >= 0.3 is 0 Å². The lowest BCUT2D eigenvalue weighted by Crippen LogP contribution is -2.21. The van der Waals surface area contributed by atoms with E-state index in [4.69, 9.17) is 4.84 Å². The number of benzene rings is 1. The standard InChI is InChI=1S/C11H11NO2/c1-8-10(7-13)14-12-11(8)9-5-3-2-4-6-9/h2-8,10H,1H3/t8-,10-/m0/s1. The van der Waals surface area contributed by atoms with E-state index < -0.39 is 6.10 Å². The molecule has 0 N–H and O–H groups in total. The smallest absolute Gasteiger partial charge is 0.190 e. The van der Waals surface area contributed by atoms with Gasteiger partial charge in [0.15, 0.2) is 12.4 Å². The van der Waals surface area contributed by atoms with Gasteiger partial charge in [-0.05, 0) is 5.56 Å². The predicted molar refractivity (Wildman–Crippen MR) is 53.1 cm³/mol. The van der Waals surface area contributed by atoms with Crippen molar-refractivity contribution in [2.45, 2.75) is 13.0 Å². The van der Waals surface area contributed by atoms with Crippen molar-refractivity contribution in [3.8, 4) is 0 Å². The summed E-state index contributed by atoms with van der Waals surface area (Å²) in [6, 6.07) is 9.76. The van der Waals surface area contributed by atoms with Crippen molar-refractivity contribution in [1.82, 2.24) is 0 Å². The van der Waals surface area contributed by atoms with E-state index in [0.717, 1.165) is 17.6 Å². The van der Waals surface area contributed by atoms with Crippen LogP contribution in [0.5, 0.6) is 0 Å². The van der Waals surface area contributed by atoms with Gasteiger partial charge < -0.3 is 4.84 Å². The highest BCUT2D eigenvalue weighted by molar-refractivity contribution is 6.04. The van der Waals surface area contributed by atoms with Crippen LogP contribution in [0.25, 0.3) is 0 Å². The summed E-state index contributed by atoms with van der Waals surface area (Å²) in [5.74, 6) is 0.0369. The number of nitrogens with zero attached hydrogens (tertiary/aromatic N) is 1. The Labute approximate surface area is 82.4 Å². The molecule has 0 spiro atoms. The fraction of sp³-hybridized carbons (Fsp3) is 0.273. The monoisotopic (exact) mass is 189 g/mol. The maximum absolute atomic E-state index is 10.6. The molecule has 0 saturated carbocycles. The summed E-state index contributed by atoms with van der Waals surface area (Å²) < 4.78 is 0. The van der Waals surface area contributed by atoms with Gasteiger partial charge in [0, 0.05) is 5.92 Å². The van der Waals surface area contributed by atoms with Crippen molar-refractivity contribution in [1.29, 1.82) is 0 Å². The number of carbonyl (C=O) groups excluding carboxylic acids is 1. The van der Waals surface area contributed by atoms with Gasteiger partial charge in [-0.1, -0.05) is 42.4 Å². The van der Waals surface area contributed by atoms with Crippen LogP contribution in [-0.4, -0.2) is 18.1 Å². The summed E-state index contributed by atoms with van der Waals surface area (Å²) >= 11 is 0. The van der Waals surface area contributed by atoms with Gasteiger partial charge in [0.25, 0.3) is 0 Å². The molecule has 0 aromatic heterocycles. The average Bonchev–Trinajstić information content (AvgIpc) is 2.61. The number of oxime groups is 1. The van der Waals surface area contributed by atoms with Crippen LogP contribution in [0.4, 0.5) is 0 Å². The second-order valence-electron chi connectivity index (χ2n) is 3.34. The van der Waals surface area contributed by atoms with E-state index >= 15 is 0 Å². The zero-order valence-corrected chi connectivity index (χ0v) is 7.88. The molecule has 0 amide bonds. The molecule has 1 aliphatic heterocycles. The third-order valence-electron chi connectivity index (χ3n) is 2.40. The van der Waals surface area contributed by atoms with E-state index in [9.17, 15) is 4.79 Å². The minimum absolute atomic E-state index is 0.0369. The molecule has 3 nitrogen and oxygen atoms in total. The molecule has 0 aliphatic carbocycles. The molecule has 0 unspecified atom stereocenters. The van der Waals surface area contributed by atoms with Crippen LogP contribution < -0.4 is 0 Å². The number of rotatable bonds is 2. The Morgan fingerprint density at radius 3 is 2.64 bits per heavy atom. The lowest BCUT2D eigenvalue weighted by molar-refractivity contribution is -0.117. The van der Waals surface area contributed by atoms with Crippen molar-refractivity contribution >= 4 is 12.0 Å². The Balaban J connectivity index is 2.26. The van der Waals surface area contributed by atoms with E-state index in [-0.39, 0.29) is 5.92 Å². The summed E-state index contributed by atoms with van der Waals surface area (Å²) in [5, 5.41) is 3.92. The van der Waals surface area contributed by atoms with Gasteiger partial charge in [0.2, 0.25) is 0 Å². The molecular formula is C11H11NO2. The van der Waals surface area contributed by atoms with E-state index in [1.165, 1.54) is 0 Å². The van der Waals surface area contributed by atoms with Crippen molar-refractivity contribution < 1.29 is 9.63 Å². The van der Waals surface area contributed by atoms with Crippen molar-refractivity contribution in [3.63, 3.8) is 0 Å². The van der Waals surface area contributed by atoms with Crippen LogP contribution >= 0.6 is 0 Å². The van der Waals surface area contributed by atoms with Gasteiger partial charge in [0.05, 0.1) is 5.71 Å². The van der Waals surface area contributed by atoms with Crippen LogP contribution in [0.1, 0.15) is 12.5 Å². The summed E-state index contributed by atoms with van der Waals surface area (Å²) in [5.41, 5.74) is 1.87. The van der Waals surface area contributed by atoms with Gasteiger partial charge in [-0.25, -0.2) is 0 Å². The first-order valence-corrected chi connectivity index (χ1v) is 4.57. The van der Waals surface area contributed by atoms with Crippen molar-refractivity contribution in [2.24, 2.45) is 11.1 Å². The van der Waals surface area contributed by atoms with Crippen LogP contribution in [0, 0.1) is 5.92 Å². The topological polar surface area (TPSA) is 38.7 Å². The zero-order valence-electron chi connectivity index (χ0n) is 7.88. The highest BCUT2D eigenvalue weighted by Gasteiger charge is 2.30. The van der Waals surface area contributed by atoms with E-state index in [1.807, 2.05) is 37.3 Å².